The number of methoxy groups -OCH3 is 3. The molecule has 2 aromatic carbocycles. The lowest BCUT2D eigenvalue weighted by molar-refractivity contribution is 0.112. The monoisotopic (exact) mass is 328 g/mol. The van der Waals surface area contributed by atoms with Gasteiger partial charge in [-0.3, -0.25) is 4.79 Å². The maximum Gasteiger partial charge on any atom is 0.154 e. The summed E-state index contributed by atoms with van der Waals surface area (Å²) in [5, 5.41) is 10.5. The summed E-state index contributed by atoms with van der Waals surface area (Å²) in [5.41, 5.74) is 1.17. The minimum absolute atomic E-state index is 0.0890. The van der Waals surface area contributed by atoms with Crippen molar-refractivity contribution in [2.45, 2.75) is 0 Å². The molecule has 0 fully saturated rings. The molecule has 0 bridgehead atoms. The number of furan rings is 1. The summed E-state index contributed by atoms with van der Waals surface area (Å²) in [6, 6.07) is 8.20. The van der Waals surface area contributed by atoms with Crippen LogP contribution in [0, 0.1) is 0 Å². The molecule has 0 atom stereocenters. The molecule has 6 heteroatoms. The van der Waals surface area contributed by atoms with Crippen LogP contribution in [0.15, 0.2) is 34.7 Å². The van der Waals surface area contributed by atoms with Crippen molar-refractivity contribution in [1.29, 1.82) is 0 Å². The minimum atomic E-state index is -0.0890. The van der Waals surface area contributed by atoms with Crippen LogP contribution in [0.3, 0.4) is 0 Å². The van der Waals surface area contributed by atoms with Crippen LogP contribution < -0.4 is 14.2 Å². The summed E-state index contributed by atoms with van der Waals surface area (Å²) < 4.78 is 21.5. The highest BCUT2D eigenvalue weighted by molar-refractivity contribution is 6.06. The van der Waals surface area contributed by atoms with Crippen LogP contribution >= 0.6 is 0 Å². The molecule has 6 nitrogen and oxygen atoms in total. The van der Waals surface area contributed by atoms with Crippen LogP contribution in [0.2, 0.25) is 0 Å². The fraction of sp³-hybridized carbons (Fsp3) is 0.167. The summed E-state index contributed by atoms with van der Waals surface area (Å²) >= 11 is 0. The number of carbonyl (C=O) groups excluding carboxylic acids is 1. The van der Waals surface area contributed by atoms with E-state index in [-0.39, 0.29) is 11.3 Å². The van der Waals surface area contributed by atoms with E-state index in [4.69, 9.17) is 18.6 Å². The Bertz CT molecular complexity index is 910. The van der Waals surface area contributed by atoms with Gasteiger partial charge in [0.25, 0.3) is 0 Å². The molecule has 1 N–H and O–H groups in total. The average molecular weight is 328 g/mol. The SMILES string of the molecule is COc1ccc(-c2oc3cc(OC)cc(O)c3c2C=O)c(OC)c1. The van der Waals surface area contributed by atoms with Gasteiger partial charge >= 0.3 is 0 Å². The third kappa shape index (κ3) is 2.42. The van der Waals surface area contributed by atoms with E-state index in [9.17, 15) is 9.90 Å². The van der Waals surface area contributed by atoms with E-state index < -0.39 is 0 Å². The summed E-state index contributed by atoms with van der Waals surface area (Å²) in [6.45, 7) is 0. The predicted octanol–water partition coefficient (Wildman–Crippen LogP) is 3.64. The van der Waals surface area contributed by atoms with Crippen LogP contribution in [-0.4, -0.2) is 32.7 Å². The second-order valence-electron chi connectivity index (χ2n) is 5.05. The first-order chi connectivity index (χ1) is 11.6. The molecule has 0 aliphatic heterocycles. The number of aromatic hydroxyl groups is 1. The lowest BCUT2D eigenvalue weighted by Crippen LogP contribution is -1.91. The molecule has 0 spiro atoms. The molecule has 0 aliphatic carbocycles. The number of carbonyl (C=O) groups is 1. The fourth-order valence-electron chi connectivity index (χ4n) is 2.62. The maximum absolute atomic E-state index is 11.6. The summed E-state index contributed by atoms with van der Waals surface area (Å²) in [5.74, 6) is 1.75. The van der Waals surface area contributed by atoms with E-state index in [1.165, 1.54) is 20.3 Å². The largest absolute Gasteiger partial charge is 0.507 e. The van der Waals surface area contributed by atoms with Crippen molar-refractivity contribution in [2.75, 3.05) is 21.3 Å². The van der Waals surface area contributed by atoms with Gasteiger partial charge in [-0.15, -0.1) is 0 Å². The van der Waals surface area contributed by atoms with Crippen molar-refractivity contribution in [1.82, 2.24) is 0 Å². The summed E-state index contributed by atoms with van der Waals surface area (Å²) in [4.78, 5) is 11.6. The van der Waals surface area contributed by atoms with E-state index in [2.05, 4.69) is 0 Å². The quantitative estimate of drug-likeness (QED) is 0.720. The Balaban J connectivity index is 2.30. The Morgan fingerprint density at radius 2 is 1.75 bits per heavy atom. The van der Waals surface area contributed by atoms with Crippen LogP contribution in [0.25, 0.3) is 22.3 Å². The predicted molar refractivity (Wildman–Crippen MR) is 88.4 cm³/mol. The number of rotatable bonds is 5. The smallest absolute Gasteiger partial charge is 0.154 e. The zero-order chi connectivity index (χ0) is 17.3. The zero-order valence-corrected chi connectivity index (χ0v) is 13.5. The Labute approximate surface area is 138 Å². The van der Waals surface area contributed by atoms with Gasteiger partial charge in [0.15, 0.2) is 6.29 Å². The van der Waals surface area contributed by atoms with E-state index >= 15 is 0 Å². The molecule has 0 amide bonds. The molecule has 0 unspecified atom stereocenters. The van der Waals surface area contributed by atoms with Crippen LogP contribution in [0.5, 0.6) is 23.0 Å². The molecule has 0 radical (unpaired) electrons. The molecule has 124 valence electrons. The maximum atomic E-state index is 11.6. The molecule has 0 saturated heterocycles. The normalized spacial score (nSPS) is 10.6. The van der Waals surface area contributed by atoms with Crippen LogP contribution in [0.4, 0.5) is 0 Å². The molecule has 0 aliphatic rings. The molecular weight excluding hydrogens is 312 g/mol. The number of hydrogen-bond donors (Lipinski definition) is 1. The third-order valence-corrected chi connectivity index (χ3v) is 3.79. The lowest BCUT2D eigenvalue weighted by atomic mass is 10.0. The molecule has 1 aromatic heterocycles. The first-order valence-electron chi connectivity index (χ1n) is 7.14. The highest BCUT2D eigenvalue weighted by atomic mass is 16.5. The topological polar surface area (TPSA) is 78.1 Å². The Morgan fingerprint density at radius 1 is 1.00 bits per heavy atom. The number of benzene rings is 2. The van der Waals surface area contributed by atoms with Gasteiger partial charge in [-0.05, 0) is 12.1 Å². The van der Waals surface area contributed by atoms with Crippen molar-refractivity contribution in [3.63, 3.8) is 0 Å². The van der Waals surface area contributed by atoms with Gasteiger partial charge in [0.2, 0.25) is 0 Å². The second kappa shape index (κ2) is 6.16. The van der Waals surface area contributed by atoms with Crippen molar-refractivity contribution < 1.29 is 28.5 Å². The third-order valence-electron chi connectivity index (χ3n) is 3.79. The number of hydrogen-bond acceptors (Lipinski definition) is 6. The molecule has 0 saturated carbocycles. The highest BCUT2D eigenvalue weighted by Crippen LogP contribution is 2.43. The Kier molecular flexibility index (Phi) is 4.04. The lowest BCUT2D eigenvalue weighted by Gasteiger charge is -2.08. The summed E-state index contributed by atoms with van der Waals surface area (Å²) in [7, 11) is 4.55. The molecule has 3 aromatic rings. The average Bonchev–Trinajstić information content (AvgIpc) is 2.99. The minimum Gasteiger partial charge on any atom is -0.507 e. The fourth-order valence-corrected chi connectivity index (χ4v) is 2.62. The van der Waals surface area contributed by atoms with Crippen molar-refractivity contribution in [3.8, 4) is 34.3 Å². The van der Waals surface area contributed by atoms with Gasteiger partial charge in [0.05, 0.1) is 37.8 Å². The van der Waals surface area contributed by atoms with E-state index in [1.54, 1.807) is 31.4 Å². The second-order valence-corrected chi connectivity index (χ2v) is 5.05. The van der Waals surface area contributed by atoms with Gasteiger partial charge < -0.3 is 23.7 Å². The van der Waals surface area contributed by atoms with E-state index in [1.807, 2.05) is 0 Å². The molecule has 3 rings (SSSR count). The molecule has 1 heterocycles. The number of phenols is 1. The van der Waals surface area contributed by atoms with Gasteiger partial charge in [0.1, 0.15) is 34.3 Å². The van der Waals surface area contributed by atoms with Crippen LogP contribution in [0.1, 0.15) is 10.4 Å². The van der Waals surface area contributed by atoms with Gasteiger partial charge in [-0.1, -0.05) is 0 Å². The van der Waals surface area contributed by atoms with Crippen molar-refractivity contribution >= 4 is 17.3 Å². The van der Waals surface area contributed by atoms with E-state index in [0.29, 0.717) is 45.8 Å². The van der Waals surface area contributed by atoms with Gasteiger partial charge in [0, 0.05) is 18.2 Å². The number of ether oxygens (including phenoxy) is 3. The molecular formula is C18H16O6. The van der Waals surface area contributed by atoms with Crippen molar-refractivity contribution in [3.05, 3.63) is 35.9 Å². The Morgan fingerprint density at radius 3 is 2.38 bits per heavy atom. The van der Waals surface area contributed by atoms with Gasteiger partial charge in [-0.25, -0.2) is 0 Å². The first-order valence-corrected chi connectivity index (χ1v) is 7.14. The highest BCUT2D eigenvalue weighted by Gasteiger charge is 2.22. The summed E-state index contributed by atoms with van der Waals surface area (Å²) in [6.07, 6.45) is 0.650. The zero-order valence-electron chi connectivity index (χ0n) is 13.5. The van der Waals surface area contributed by atoms with Crippen LogP contribution in [-0.2, 0) is 0 Å². The first kappa shape index (κ1) is 15.7. The van der Waals surface area contributed by atoms with Crippen molar-refractivity contribution in [2.24, 2.45) is 0 Å². The van der Waals surface area contributed by atoms with Gasteiger partial charge in [-0.2, -0.15) is 0 Å². The standard InChI is InChI=1S/C18H16O6/c1-21-10-4-5-12(15(7-10)23-3)18-13(9-19)17-14(20)6-11(22-2)8-16(17)24-18/h4-9,20H,1-3H3. The number of aldehydes is 1. The Hall–Kier alpha value is -3.15. The number of phenolic OH excluding ortho intramolecular Hbond substituents is 1. The van der Waals surface area contributed by atoms with E-state index in [0.717, 1.165) is 0 Å². The molecule has 24 heavy (non-hydrogen) atoms. The number of fused-ring (bicyclic) bond motifs is 1.